The van der Waals surface area contributed by atoms with E-state index in [-0.39, 0.29) is 5.92 Å². The molecule has 144 valence electrons. The van der Waals surface area contributed by atoms with Gasteiger partial charge in [0.15, 0.2) is 0 Å². The third-order valence-corrected chi connectivity index (χ3v) is 5.83. The second-order valence-electron chi connectivity index (χ2n) is 5.43. The molecule has 2 rings (SSSR count). The molecule has 27 heavy (non-hydrogen) atoms. The molecule has 2 aromatic rings. The lowest BCUT2D eigenvalue weighted by Gasteiger charge is -2.22. The molecule has 0 saturated carbocycles. The Hall–Kier alpha value is 0.900. The van der Waals surface area contributed by atoms with E-state index in [4.69, 9.17) is 4.57 Å². The van der Waals surface area contributed by atoms with Crippen LogP contribution in [-0.4, -0.2) is 5.33 Å². The number of rotatable bonds is 5. The van der Waals surface area contributed by atoms with Crippen molar-refractivity contribution in [3.63, 3.8) is 0 Å². The van der Waals surface area contributed by atoms with Crippen LogP contribution in [0.25, 0.3) is 0 Å². The van der Waals surface area contributed by atoms with E-state index in [0.29, 0.717) is 0 Å². The standard InChI is InChI=1S/C19H14Br6.HOP/c1-11(21)4-12(2-3-20)19(13-5-15(22)9-16(23)6-13)14-7-17(24)10-18(25)8-14;1-2/h2,4-10,19H,3H2,1H3;2H/b11-4+,12-2+;. The molecule has 0 atom stereocenters. The predicted octanol–water partition coefficient (Wildman–Crippen LogP) is 9.96. The van der Waals surface area contributed by atoms with Gasteiger partial charge in [0, 0.05) is 29.1 Å². The zero-order chi connectivity index (χ0) is 20.6. The second kappa shape index (κ2) is 13.3. The summed E-state index contributed by atoms with van der Waals surface area (Å²) in [6.07, 6.45) is 4.38. The number of benzene rings is 2. The molecular weight excluding hydrogens is 755 g/mol. The van der Waals surface area contributed by atoms with Crippen LogP contribution in [0.4, 0.5) is 0 Å². The molecule has 0 aliphatic heterocycles. The van der Waals surface area contributed by atoms with Crippen LogP contribution in [0.15, 0.2) is 76.5 Å². The summed E-state index contributed by atoms with van der Waals surface area (Å²) in [5.41, 5.74) is 3.65. The van der Waals surface area contributed by atoms with E-state index in [9.17, 15) is 0 Å². The first-order valence-corrected chi connectivity index (χ1v) is 13.0. The van der Waals surface area contributed by atoms with Gasteiger partial charge in [-0.05, 0) is 70.6 Å². The fourth-order valence-electron chi connectivity index (χ4n) is 2.64. The van der Waals surface area contributed by atoms with Crippen molar-refractivity contribution in [2.75, 3.05) is 5.33 Å². The molecule has 0 amide bonds. The van der Waals surface area contributed by atoms with Crippen molar-refractivity contribution in [3.8, 4) is 0 Å². The Morgan fingerprint density at radius 3 is 1.56 bits per heavy atom. The summed E-state index contributed by atoms with van der Waals surface area (Å²) in [4.78, 5) is 0. The normalized spacial score (nSPS) is 12.0. The molecule has 0 radical (unpaired) electrons. The first kappa shape index (κ1) is 25.9. The number of alkyl halides is 1. The summed E-state index contributed by atoms with van der Waals surface area (Å²) in [6.45, 7) is 2.05. The van der Waals surface area contributed by atoms with Gasteiger partial charge in [-0.25, -0.2) is 0 Å². The number of allylic oxidation sites excluding steroid dienone is 4. The number of hydrogen-bond donors (Lipinski definition) is 0. The van der Waals surface area contributed by atoms with Gasteiger partial charge in [-0.2, -0.15) is 0 Å². The molecule has 0 N–H and O–H groups in total. The number of halogens is 6. The summed E-state index contributed by atoms with van der Waals surface area (Å²) >= 11 is 21.6. The van der Waals surface area contributed by atoms with Crippen molar-refractivity contribution in [2.24, 2.45) is 0 Å². The van der Waals surface area contributed by atoms with E-state index in [1.165, 1.54) is 16.7 Å². The van der Waals surface area contributed by atoms with Crippen LogP contribution in [0.5, 0.6) is 0 Å². The smallest absolute Gasteiger partial charge is 0.138 e. The Morgan fingerprint density at radius 1 is 0.889 bits per heavy atom. The van der Waals surface area contributed by atoms with Crippen LogP contribution < -0.4 is 0 Å². The highest BCUT2D eigenvalue weighted by Gasteiger charge is 2.20. The SMILES string of the molecule is C/C(Br)=C\C(=C/CBr)C(c1cc(Br)cc(Br)c1)c1cc(Br)cc(Br)c1.O=P. The van der Waals surface area contributed by atoms with E-state index < -0.39 is 0 Å². The van der Waals surface area contributed by atoms with Gasteiger partial charge < -0.3 is 0 Å². The Labute approximate surface area is 212 Å². The van der Waals surface area contributed by atoms with Gasteiger partial charge in [0.1, 0.15) is 9.12 Å². The highest BCUT2D eigenvalue weighted by atomic mass is 79.9. The van der Waals surface area contributed by atoms with Gasteiger partial charge in [0.2, 0.25) is 0 Å². The highest BCUT2D eigenvalue weighted by Crippen LogP contribution is 2.38. The van der Waals surface area contributed by atoms with Gasteiger partial charge in [-0.1, -0.05) is 102 Å². The zero-order valence-corrected chi connectivity index (χ0v) is 24.6. The van der Waals surface area contributed by atoms with Crippen molar-refractivity contribution in [3.05, 3.63) is 87.6 Å². The summed E-state index contributed by atoms with van der Waals surface area (Å²) in [6, 6.07) is 12.8. The molecule has 2 aromatic carbocycles. The summed E-state index contributed by atoms with van der Waals surface area (Å²) in [5, 5.41) is 0.792. The molecule has 0 saturated heterocycles. The predicted molar refractivity (Wildman–Crippen MR) is 139 cm³/mol. The van der Waals surface area contributed by atoms with Crippen LogP contribution in [0, 0.1) is 0 Å². The fourth-order valence-corrected chi connectivity index (χ4v) is 5.94. The molecule has 0 aliphatic carbocycles. The van der Waals surface area contributed by atoms with Crippen molar-refractivity contribution in [1.82, 2.24) is 0 Å². The minimum Gasteiger partial charge on any atom is -0.279 e. The van der Waals surface area contributed by atoms with E-state index in [2.05, 4.69) is 144 Å². The first-order chi connectivity index (χ1) is 12.8. The van der Waals surface area contributed by atoms with Gasteiger partial charge in [-0.15, -0.1) is 0 Å². The Kier molecular flexibility index (Phi) is 12.7. The van der Waals surface area contributed by atoms with E-state index in [1.54, 1.807) is 9.12 Å². The monoisotopic (exact) mass is 764 g/mol. The second-order valence-corrected chi connectivity index (χ2v) is 11.0. The molecule has 0 fully saturated rings. The fraction of sp³-hybridized carbons (Fsp3) is 0.158. The molecule has 0 aliphatic rings. The molecule has 8 heteroatoms. The summed E-state index contributed by atoms with van der Waals surface area (Å²) in [5.74, 6) is 0.104. The van der Waals surface area contributed by atoms with E-state index in [0.717, 1.165) is 27.7 Å². The topological polar surface area (TPSA) is 17.1 Å². The average Bonchev–Trinajstić information content (AvgIpc) is 2.55. The minimum absolute atomic E-state index is 0.104. The van der Waals surface area contributed by atoms with Crippen molar-refractivity contribution < 1.29 is 4.57 Å². The number of hydrogen-bond acceptors (Lipinski definition) is 1. The molecule has 0 bridgehead atoms. The largest absolute Gasteiger partial charge is 0.279 e. The van der Waals surface area contributed by atoms with Crippen LogP contribution >= 0.6 is 105 Å². The summed E-state index contributed by atoms with van der Waals surface area (Å²) in [7, 11) is 1.72. The minimum atomic E-state index is 0.104. The van der Waals surface area contributed by atoms with Crippen LogP contribution in [-0.2, 0) is 4.57 Å². The molecule has 0 spiro atoms. The molecule has 1 nitrogen and oxygen atoms in total. The Bertz CT molecular complexity index is 754. The molecule has 0 aromatic heterocycles. The zero-order valence-electron chi connectivity index (χ0n) is 14.1. The average molecular weight is 770 g/mol. The van der Waals surface area contributed by atoms with E-state index >= 15 is 0 Å². The lowest BCUT2D eigenvalue weighted by atomic mass is 9.84. The van der Waals surface area contributed by atoms with Gasteiger partial charge >= 0.3 is 0 Å². The molecule has 0 unspecified atom stereocenters. The maximum atomic E-state index is 8.06. The summed E-state index contributed by atoms with van der Waals surface area (Å²) < 4.78 is 13.3. The van der Waals surface area contributed by atoms with Crippen molar-refractivity contribution in [1.29, 1.82) is 0 Å². The van der Waals surface area contributed by atoms with Crippen molar-refractivity contribution >= 4 is 105 Å². The van der Waals surface area contributed by atoms with Gasteiger partial charge in [0.25, 0.3) is 0 Å². The highest BCUT2D eigenvalue weighted by molar-refractivity contribution is 9.12. The third-order valence-electron chi connectivity index (χ3n) is 3.45. The van der Waals surface area contributed by atoms with Gasteiger partial charge in [0.05, 0.1) is 0 Å². The van der Waals surface area contributed by atoms with Crippen LogP contribution in [0.2, 0.25) is 0 Å². The lowest BCUT2D eigenvalue weighted by Crippen LogP contribution is -2.05. The maximum absolute atomic E-state index is 8.06. The Balaban J connectivity index is 0.00000176. The molecular formula is C19H15Br6OP. The van der Waals surface area contributed by atoms with Crippen LogP contribution in [0.1, 0.15) is 24.0 Å². The maximum Gasteiger partial charge on any atom is 0.138 e. The quantitative estimate of drug-likeness (QED) is 0.168. The third kappa shape index (κ3) is 8.65. The molecule has 0 heterocycles. The van der Waals surface area contributed by atoms with Crippen LogP contribution in [0.3, 0.4) is 0 Å². The lowest BCUT2D eigenvalue weighted by molar-refractivity contribution is 0.607. The Morgan fingerprint density at radius 2 is 1.26 bits per heavy atom. The first-order valence-electron chi connectivity index (χ1n) is 7.52. The van der Waals surface area contributed by atoms with Gasteiger partial charge in [-0.3, -0.25) is 4.57 Å². The van der Waals surface area contributed by atoms with Crippen molar-refractivity contribution in [2.45, 2.75) is 12.8 Å². The van der Waals surface area contributed by atoms with E-state index in [1.807, 2.05) is 6.92 Å².